The first-order chi connectivity index (χ1) is 6.61. The van der Waals surface area contributed by atoms with E-state index in [4.69, 9.17) is 21.4 Å². The number of aliphatic hydroxyl groups is 1. The second-order valence-corrected chi connectivity index (χ2v) is 3.69. The van der Waals surface area contributed by atoms with Crippen LogP contribution < -0.4 is 4.74 Å². The first kappa shape index (κ1) is 11.3. The van der Waals surface area contributed by atoms with Gasteiger partial charge < -0.3 is 9.84 Å². The molecule has 0 unspecified atom stereocenters. The van der Waals surface area contributed by atoms with Gasteiger partial charge in [0.15, 0.2) is 0 Å². The maximum absolute atomic E-state index is 8.93. The predicted octanol–water partition coefficient (Wildman–Crippen LogP) is 2.50. The molecule has 1 N–H and O–H groups in total. The number of aryl methyl sites for hydroxylation is 2. The summed E-state index contributed by atoms with van der Waals surface area (Å²) in [6.07, 6.45) is 0.532. The van der Waals surface area contributed by atoms with Gasteiger partial charge in [0.05, 0.1) is 12.1 Å². The molecule has 0 atom stereocenters. The van der Waals surface area contributed by atoms with E-state index in [0.29, 0.717) is 11.4 Å². The quantitative estimate of drug-likeness (QED) is 0.838. The summed E-state index contributed by atoms with van der Waals surface area (Å²) >= 11 is 6.14. The number of halogens is 1. The van der Waals surface area contributed by atoms with Crippen LogP contribution in [0, 0.1) is 13.8 Å². The average molecular weight is 215 g/mol. The van der Waals surface area contributed by atoms with E-state index in [9.17, 15) is 0 Å². The molecular weight excluding hydrogens is 200 g/mol. The Labute approximate surface area is 89.5 Å². The van der Waals surface area contributed by atoms with Crippen LogP contribution in [0.15, 0.2) is 6.07 Å². The van der Waals surface area contributed by atoms with Crippen molar-refractivity contribution in [1.82, 2.24) is 0 Å². The molecule has 78 valence electrons. The molecule has 0 aromatic heterocycles. The zero-order chi connectivity index (χ0) is 10.7. The Morgan fingerprint density at radius 3 is 2.50 bits per heavy atom. The fourth-order valence-corrected chi connectivity index (χ4v) is 1.88. The minimum atomic E-state index is 0.0823. The summed E-state index contributed by atoms with van der Waals surface area (Å²) in [5.74, 6) is 0.787. The topological polar surface area (TPSA) is 29.5 Å². The molecule has 0 radical (unpaired) electrons. The molecule has 1 aromatic rings. The number of aliphatic hydroxyl groups excluding tert-OH is 1. The molecule has 0 fully saturated rings. The van der Waals surface area contributed by atoms with Gasteiger partial charge in [-0.25, -0.2) is 0 Å². The monoisotopic (exact) mass is 214 g/mol. The summed E-state index contributed by atoms with van der Waals surface area (Å²) in [6.45, 7) is 4.01. The molecule has 0 saturated carbocycles. The van der Waals surface area contributed by atoms with E-state index < -0.39 is 0 Å². The Kier molecular flexibility index (Phi) is 3.78. The summed E-state index contributed by atoms with van der Waals surface area (Å²) in [7, 11) is 1.62. The fraction of sp³-hybridized carbons (Fsp3) is 0.455. The summed E-state index contributed by atoms with van der Waals surface area (Å²) < 4.78 is 5.27. The Balaban J connectivity index is 3.32. The van der Waals surface area contributed by atoms with Gasteiger partial charge in [0.2, 0.25) is 0 Å². The lowest BCUT2D eigenvalue weighted by atomic mass is 10.0. The van der Waals surface area contributed by atoms with E-state index >= 15 is 0 Å². The average Bonchev–Trinajstić information content (AvgIpc) is 2.14. The lowest BCUT2D eigenvalue weighted by Crippen LogP contribution is -2.00. The normalized spacial score (nSPS) is 10.4. The summed E-state index contributed by atoms with van der Waals surface area (Å²) in [5.41, 5.74) is 2.97. The molecule has 0 aliphatic heterocycles. The smallest absolute Gasteiger partial charge is 0.126 e. The van der Waals surface area contributed by atoms with Gasteiger partial charge in [-0.3, -0.25) is 0 Å². The molecular formula is C11H15ClO2. The fourth-order valence-electron chi connectivity index (χ4n) is 1.65. The number of rotatable bonds is 3. The van der Waals surface area contributed by atoms with Gasteiger partial charge in [-0.1, -0.05) is 17.7 Å². The third kappa shape index (κ3) is 2.02. The van der Waals surface area contributed by atoms with Gasteiger partial charge in [0, 0.05) is 18.6 Å². The zero-order valence-electron chi connectivity index (χ0n) is 8.72. The molecule has 0 aliphatic rings. The van der Waals surface area contributed by atoms with Crippen molar-refractivity contribution in [3.05, 3.63) is 27.8 Å². The highest BCUT2D eigenvalue weighted by molar-refractivity contribution is 6.32. The Morgan fingerprint density at radius 1 is 1.36 bits per heavy atom. The largest absolute Gasteiger partial charge is 0.496 e. The third-order valence-electron chi connectivity index (χ3n) is 2.24. The van der Waals surface area contributed by atoms with E-state index in [1.165, 1.54) is 0 Å². The molecule has 0 amide bonds. The van der Waals surface area contributed by atoms with E-state index in [1.54, 1.807) is 7.11 Å². The summed E-state index contributed by atoms with van der Waals surface area (Å²) in [6, 6.07) is 1.99. The summed E-state index contributed by atoms with van der Waals surface area (Å²) in [5, 5.41) is 9.63. The van der Waals surface area contributed by atoms with Crippen LogP contribution in [0.3, 0.4) is 0 Å². The van der Waals surface area contributed by atoms with Crippen LogP contribution in [0.5, 0.6) is 5.75 Å². The predicted molar refractivity (Wildman–Crippen MR) is 58.3 cm³/mol. The molecule has 0 saturated heterocycles. The van der Waals surface area contributed by atoms with Crippen molar-refractivity contribution >= 4 is 11.6 Å². The molecule has 0 aliphatic carbocycles. The first-order valence-corrected chi connectivity index (χ1v) is 4.93. The molecule has 14 heavy (non-hydrogen) atoms. The van der Waals surface area contributed by atoms with E-state index in [1.807, 2.05) is 19.9 Å². The zero-order valence-corrected chi connectivity index (χ0v) is 9.48. The van der Waals surface area contributed by atoms with Gasteiger partial charge in [-0.2, -0.15) is 0 Å². The van der Waals surface area contributed by atoms with Crippen molar-refractivity contribution in [2.24, 2.45) is 0 Å². The van der Waals surface area contributed by atoms with Gasteiger partial charge in [0.25, 0.3) is 0 Å². The van der Waals surface area contributed by atoms with Crippen molar-refractivity contribution in [2.75, 3.05) is 13.7 Å². The van der Waals surface area contributed by atoms with Crippen molar-refractivity contribution in [2.45, 2.75) is 20.3 Å². The molecule has 0 bridgehead atoms. The number of ether oxygens (including phenoxy) is 1. The third-order valence-corrected chi connectivity index (χ3v) is 2.77. The number of methoxy groups -OCH3 is 1. The molecule has 1 aromatic carbocycles. The lowest BCUT2D eigenvalue weighted by molar-refractivity contribution is 0.296. The standard InChI is InChI=1S/C11H15ClO2/c1-7-6-8(2)11(14-3)9(4-5-13)10(7)12/h6,13H,4-5H2,1-3H3. The second kappa shape index (κ2) is 4.67. The Hall–Kier alpha value is -0.730. The maximum Gasteiger partial charge on any atom is 0.126 e. The summed E-state index contributed by atoms with van der Waals surface area (Å²) in [4.78, 5) is 0. The van der Waals surface area contributed by atoms with Gasteiger partial charge in [-0.05, 0) is 25.0 Å². The molecule has 0 heterocycles. The van der Waals surface area contributed by atoms with E-state index in [0.717, 1.165) is 22.4 Å². The minimum absolute atomic E-state index is 0.0823. The van der Waals surface area contributed by atoms with Crippen molar-refractivity contribution in [3.8, 4) is 5.75 Å². The van der Waals surface area contributed by atoms with E-state index in [2.05, 4.69) is 0 Å². The highest BCUT2D eigenvalue weighted by atomic mass is 35.5. The highest BCUT2D eigenvalue weighted by Crippen LogP contribution is 2.33. The van der Waals surface area contributed by atoms with Crippen LogP contribution in [0.25, 0.3) is 0 Å². The van der Waals surface area contributed by atoms with Crippen molar-refractivity contribution < 1.29 is 9.84 Å². The van der Waals surface area contributed by atoms with Crippen LogP contribution in [-0.2, 0) is 6.42 Å². The SMILES string of the molecule is COc1c(C)cc(C)c(Cl)c1CCO. The maximum atomic E-state index is 8.93. The minimum Gasteiger partial charge on any atom is -0.496 e. The van der Waals surface area contributed by atoms with Gasteiger partial charge >= 0.3 is 0 Å². The van der Waals surface area contributed by atoms with Gasteiger partial charge in [-0.15, -0.1) is 0 Å². The van der Waals surface area contributed by atoms with Gasteiger partial charge in [0.1, 0.15) is 5.75 Å². The second-order valence-electron chi connectivity index (χ2n) is 3.31. The molecule has 2 nitrogen and oxygen atoms in total. The van der Waals surface area contributed by atoms with Crippen LogP contribution in [0.1, 0.15) is 16.7 Å². The Morgan fingerprint density at radius 2 is 2.00 bits per heavy atom. The van der Waals surface area contributed by atoms with Crippen LogP contribution in [-0.4, -0.2) is 18.8 Å². The van der Waals surface area contributed by atoms with Crippen LogP contribution in [0.4, 0.5) is 0 Å². The van der Waals surface area contributed by atoms with E-state index in [-0.39, 0.29) is 6.61 Å². The Bertz CT molecular complexity index is 335. The lowest BCUT2D eigenvalue weighted by Gasteiger charge is -2.14. The number of hydrogen-bond acceptors (Lipinski definition) is 2. The first-order valence-electron chi connectivity index (χ1n) is 4.55. The highest BCUT2D eigenvalue weighted by Gasteiger charge is 2.12. The molecule has 3 heteroatoms. The number of hydrogen-bond donors (Lipinski definition) is 1. The van der Waals surface area contributed by atoms with Crippen molar-refractivity contribution in [3.63, 3.8) is 0 Å². The van der Waals surface area contributed by atoms with Crippen molar-refractivity contribution in [1.29, 1.82) is 0 Å². The van der Waals surface area contributed by atoms with Crippen LogP contribution >= 0.6 is 11.6 Å². The molecule has 0 spiro atoms. The van der Waals surface area contributed by atoms with Crippen LogP contribution in [0.2, 0.25) is 5.02 Å². The number of benzene rings is 1. The molecule has 1 rings (SSSR count).